The summed E-state index contributed by atoms with van der Waals surface area (Å²) in [6, 6.07) is 8.61. The van der Waals surface area contributed by atoms with Crippen molar-refractivity contribution in [1.82, 2.24) is 9.55 Å². The lowest BCUT2D eigenvalue weighted by Gasteiger charge is -2.15. The number of aromatic nitrogens is 2. The summed E-state index contributed by atoms with van der Waals surface area (Å²) in [4.78, 5) is 29.4. The van der Waals surface area contributed by atoms with Crippen molar-refractivity contribution >= 4 is 22.5 Å². The molecule has 2 aromatic carbocycles. The van der Waals surface area contributed by atoms with Crippen LogP contribution in [-0.4, -0.2) is 36.8 Å². The van der Waals surface area contributed by atoms with Crippen LogP contribution in [-0.2, 0) is 11.3 Å². The van der Waals surface area contributed by atoms with Gasteiger partial charge >= 0.3 is 0 Å². The largest absolute Gasteiger partial charge is 0.493 e. The van der Waals surface area contributed by atoms with Gasteiger partial charge in [0.15, 0.2) is 11.5 Å². The molecule has 0 spiro atoms. The first kappa shape index (κ1) is 19.2. The highest BCUT2D eigenvalue weighted by Gasteiger charge is 2.15. The highest BCUT2D eigenvalue weighted by atomic mass is 16.5. The van der Waals surface area contributed by atoms with Crippen LogP contribution in [0.4, 0.5) is 5.69 Å². The van der Waals surface area contributed by atoms with Gasteiger partial charge < -0.3 is 19.5 Å². The fraction of sp³-hybridized carbons (Fsp3) is 0.250. The summed E-state index contributed by atoms with van der Waals surface area (Å²) >= 11 is 0. The summed E-state index contributed by atoms with van der Waals surface area (Å²) in [7, 11) is 4.48. The first-order valence-electron chi connectivity index (χ1n) is 8.53. The number of anilines is 1. The van der Waals surface area contributed by atoms with E-state index in [1.54, 1.807) is 24.3 Å². The molecule has 0 radical (unpaired) electrons. The van der Waals surface area contributed by atoms with Crippen molar-refractivity contribution in [2.75, 3.05) is 26.6 Å². The maximum Gasteiger partial charge on any atom is 0.261 e. The molecule has 1 amide bonds. The molecule has 146 valence electrons. The number of para-hydroxylation sites is 1. The minimum absolute atomic E-state index is 0.174. The Balaban J connectivity index is 1.86. The number of methoxy groups -OCH3 is 3. The van der Waals surface area contributed by atoms with E-state index in [4.69, 9.17) is 14.2 Å². The molecule has 0 aliphatic carbocycles. The maximum atomic E-state index is 12.6. The number of hydrogen-bond acceptors (Lipinski definition) is 6. The van der Waals surface area contributed by atoms with Gasteiger partial charge in [-0.3, -0.25) is 14.2 Å². The second-order valence-corrected chi connectivity index (χ2v) is 6.11. The van der Waals surface area contributed by atoms with Gasteiger partial charge in [-0.25, -0.2) is 4.98 Å². The molecule has 1 aromatic heterocycles. The minimum atomic E-state index is -0.384. The van der Waals surface area contributed by atoms with Crippen LogP contribution in [0.5, 0.6) is 17.2 Å². The molecular formula is C20H21N3O5. The minimum Gasteiger partial charge on any atom is -0.493 e. The zero-order chi connectivity index (χ0) is 20.3. The molecule has 8 nitrogen and oxygen atoms in total. The molecule has 0 aliphatic rings. The summed E-state index contributed by atoms with van der Waals surface area (Å²) in [5.74, 6) is 0.868. The number of nitrogens with zero attached hydrogens (tertiary/aromatic N) is 2. The molecule has 0 unspecified atom stereocenters. The van der Waals surface area contributed by atoms with Crippen molar-refractivity contribution in [2.45, 2.75) is 13.5 Å². The van der Waals surface area contributed by atoms with Gasteiger partial charge in [-0.1, -0.05) is 12.1 Å². The normalized spacial score (nSPS) is 10.6. The Morgan fingerprint density at radius 3 is 2.39 bits per heavy atom. The number of carbonyl (C=O) groups is 1. The van der Waals surface area contributed by atoms with Crippen molar-refractivity contribution in [1.29, 1.82) is 0 Å². The molecule has 0 saturated heterocycles. The molecule has 1 N–H and O–H groups in total. The van der Waals surface area contributed by atoms with E-state index >= 15 is 0 Å². The van der Waals surface area contributed by atoms with Gasteiger partial charge in [0.25, 0.3) is 5.56 Å². The zero-order valence-corrected chi connectivity index (χ0v) is 16.1. The Bertz CT molecular complexity index is 1070. The average molecular weight is 383 g/mol. The van der Waals surface area contributed by atoms with E-state index in [-0.39, 0.29) is 18.0 Å². The number of benzene rings is 2. The molecule has 8 heteroatoms. The fourth-order valence-corrected chi connectivity index (χ4v) is 2.96. The van der Waals surface area contributed by atoms with Crippen LogP contribution in [0, 0.1) is 6.92 Å². The van der Waals surface area contributed by atoms with Crippen molar-refractivity contribution in [2.24, 2.45) is 0 Å². The van der Waals surface area contributed by atoms with E-state index in [1.807, 2.05) is 13.0 Å². The number of fused-ring (bicyclic) bond motifs is 1. The first-order chi connectivity index (χ1) is 13.5. The van der Waals surface area contributed by atoms with E-state index < -0.39 is 0 Å². The van der Waals surface area contributed by atoms with Crippen molar-refractivity contribution in [3.8, 4) is 17.2 Å². The number of ether oxygens (including phenoxy) is 3. The number of rotatable bonds is 6. The predicted molar refractivity (Wildman–Crippen MR) is 105 cm³/mol. The third-order valence-electron chi connectivity index (χ3n) is 4.32. The SMILES string of the molecule is COc1cc(NC(=O)Cn2cnc3c(C)cccc3c2=O)cc(OC)c1OC. The van der Waals surface area contributed by atoms with Crippen LogP contribution in [0.25, 0.3) is 10.9 Å². The monoisotopic (exact) mass is 383 g/mol. The van der Waals surface area contributed by atoms with Crippen LogP contribution in [0.15, 0.2) is 41.5 Å². The lowest BCUT2D eigenvalue weighted by molar-refractivity contribution is -0.116. The quantitative estimate of drug-likeness (QED) is 0.703. The number of aryl methyl sites for hydroxylation is 1. The summed E-state index contributed by atoms with van der Waals surface area (Å²) in [6.07, 6.45) is 1.38. The number of hydrogen-bond donors (Lipinski definition) is 1. The maximum absolute atomic E-state index is 12.6. The third kappa shape index (κ3) is 3.62. The molecule has 0 fully saturated rings. The van der Waals surface area contributed by atoms with E-state index in [0.717, 1.165) is 5.56 Å². The Hall–Kier alpha value is -3.55. The molecule has 0 bridgehead atoms. The third-order valence-corrected chi connectivity index (χ3v) is 4.32. The second-order valence-electron chi connectivity index (χ2n) is 6.11. The van der Waals surface area contributed by atoms with Crippen molar-refractivity contribution < 1.29 is 19.0 Å². The highest BCUT2D eigenvalue weighted by molar-refractivity contribution is 5.91. The first-order valence-corrected chi connectivity index (χ1v) is 8.53. The van der Waals surface area contributed by atoms with Gasteiger partial charge in [-0.05, 0) is 18.6 Å². The zero-order valence-electron chi connectivity index (χ0n) is 16.1. The second kappa shape index (κ2) is 7.99. The average Bonchev–Trinajstić information content (AvgIpc) is 2.69. The van der Waals surface area contributed by atoms with E-state index in [2.05, 4.69) is 10.3 Å². The summed E-state index contributed by atoms with van der Waals surface area (Å²) in [5, 5.41) is 3.21. The Labute approximate surface area is 161 Å². The molecular weight excluding hydrogens is 362 g/mol. The molecule has 1 heterocycles. The predicted octanol–water partition coefficient (Wildman–Crippen LogP) is 2.37. The molecule has 3 rings (SSSR count). The lowest BCUT2D eigenvalue weighted by Crippen LogP contribution is -2.28. The Kier molecular flexibility index (Phi) is 5.49. The van der Waals surface area contributed by atoms with E-state index in [0.29, 0.717) is 33.8 Å². The highest BCUT2D eigenvalue weighted by Crippen LogP contribution is 2.39. The smallest absolute Gasteiger partial charge is 0.261 e. The molecule has 0 aliphatic heterocycles. The molecule has 3 aromatic rings. The Morgan fingerprint density at radius 1 is 1.11 bits per heavy atom. The number of carbonyl (C=O) groups excluding carboxylic acids is 1. The van der Waals surface area contributed by atoms with Crippen LogP contribution in [0.2, 0.25) is 0 Å². The lowest BCUT2D eigenvalue weighted by atomic mass is 10.1. The van der Waals surface area contributed by atoms with Crippen LogP contribution in [0.1, 0.15) is 5.56 Å². The number of nitrogens with one attached hydrogen (secondary N) is 1. The topological polar surface area (TPSA) is 91.7 Å². The molecule has 0 saturated carbocycles. The standard InChI is InChI=1S/C20H21N3O5/c1-12-6-5-7-14-18(12)21-11-23(20(14)25)10-17(24)22-13-8-15(26-2)19(28-4)16(9-13)27-3/h5-9,11H,10H2,1-4H3,(H,22,24). The van der Waals surface area contributed by atoms with E-state index in [9.17, 15) is 9.59 Å². The number of amides is 1. The van der Waals surface area contributed by atoms with Crippen LogP contribution < -0.4 is 25.1 Å². The van der Waals surface area contributed by atoms with Gasteiger partial charge in [0.2, 0.25) is 11.7 Å². The summed E-state index contributed by atoms with van der Waals surface area (Å²) in [5.41, 5.74) is 1.73. The van der Waals surface area contributed by atoms with Crippen LogP contribution in [0.3, 0.4) is 0 Å². The van der Waals surface area contributed by atoms with Crippen LogP contribution >= 0.6 is 0 Å². The summed E-state index contributed by atoms with van der Waals surface area (Å²) in [6.45, 7) is 1.71. The van der Waals surface area contributed by atoms with Gasteiger partial charge in [-0.15, -0.1) is 0 Å². The van der Waals surface area contributed by atoms with Crippen molar-refractivity contribution in [3.05, 3.63) is 52.6 Å². The van der Waals surface area contributed by atoms with Gasteiger partial charge in [0.05, 0.1) is 38.6 Å². The van der Waals surface area contributed by atoms with E-state index in [1.165, 1.54) is 32.2 Å². The summed E-state index contributed by atoms with van der Waals surface area (Å²) < 4.78 is 17.1. The molecule has 28 heavy (non-hydrogen) atoms. The van der Waals surface area contributed by atoms with Gasteiger partial charge in [-0.2, -0.15) is 0 Å². The van der Waals surface area contributed by atoms with Gasteiger partial charge in [0, 0.05) is 17.8 Å². The van der Waals surface area contributed by atoms with Crippen molar-refractivity contribution in [3.63, 3.8) is 0 Å². The van der Waals surface area contributed by atoms with Gasteiger partial charge in [0.1, 0.15) is 6.54 Å². The fourth-order valence-electron chi connectivity index (χ4n) is 2.96. The Morgan fingerprint density at radius 2 is 1.79 bits per heavy atom. The molecule has 0 atom stereocenters.